The SMILES string of the molecule is N#Cc1cccc2c1CC(CNCCC1(N)CC(=O)N(c3ccc4c(n3)NC(=O)CO4)C1)C2. The number of hydrogen-bond acceptors (Lipinski definition) is 7. The smallest absolute Gasteiger partial charge is 0.263 e. The van der Waals surface area contributed by atoms with Gasteiger partial charge < -0.3 is 21.1 Å². The second-order valence-corrected chi connectivity index (χ2v) is 9.16. The molecule has 1 saturated heterocycles. The third-order valence-corrected chi connectivity index (χ3v) is 6.64. The van der Waals surface area contributed by atoms with Crippen LogP contribution in [0, 0.1) is 17.2 Å². The summed E-state index contributed by atoms with van der Waals surface area (Å²) in [6.07, 6.45) is 2.79. The Bertz CT molecular complexity index is 1160. The molecule has 9 nitrogen and oxygen atoms in total. The highest BCUT2D eigenvalue weighted by Crippen LogP contribution is 2.33. The van der Waals surface area contributed by atoms with Gasteiger partial charge in [-0.2, -0.15) is 5.26 Å². The first-order valence-electron chi connectivity index (χ1n) is 11.2. The number of pyridine rings is 1. The molecule has 3 aliphatic rings. The van der Waals surface area contributed by atoms with Crippen LogP contribution in [0.2, 0.25) is 0 Å². The highest BCUT2D eigenvalue weighted by Gasteiger charge is 2.41. The van der Waals surface area contributed by atoms with E-state index in [0.717, 1.165) is 24.9 Å². The summed E-state index contributed by atoms with van der Waals surface area (Å²) in [4.78, 5) is 30.2. The lowest BCUT2D eigenvalue weighted by molar-refractivity contribution is -0.119. The monoisotopic (exact) mass is 446 g/mol. The summed E-state index contributed by atoms with van der Waals surface area (Å²) in [6, 6.07) is 11.7. The fourth-order valence-electron chi connectivity index (χ4n) is 4.97. The van der Waals surface area contributed by atoms with Gasteiger partial charge in [0.2, 0.25) is 5.91 Å². The van der Waals surface area contributed by atoms with Crippen molar-refractivity contribution in [2.45, 2.75) is 31.2 Å². The molecule has 2 aliphatic heterocycles. The zero-order valence-corrected chi connectivity index (χ0v) is 18.3. The van der Waals surface area contributed by atoms with Crippen molar-refractivity contribution in [1.82, 2.24) is 10.3 Å². The number of nitrogens with one attached hydrogen (secondary N) is 2. The molecule has 2 amide bonds. The van der Waals surface area contributed by atoms with Crippen molar-refractivity contribution in [2.75, 3.05) is 36.5 Å². The lowest BCUT2D eigenvalue weighted by atomic mass is 9.95. The average molecular weight is 447 g/mol. The van der Waals surface area contributed by atoms with Crippen molar-refractivity contribution in [3.63, 3.8) is 0 Å². The summed E-state index contributed by atoms with van der Waals surface area (Å²) in [6.45, 7) is 1.88. The number of aromatic nitrogens is 1. The Morgan fingerprint density at radius 1 is 1.30 bits per heavy atom. The summed E-state index contributed by atoms with van der Waals surface area (Å²) in [5, 5.41) is 15.5. The number of fused-ring (bicyclic) bond motifs is 2. The molecule has 0 saturated carbocycles. The van der Waals surface area contributed by atoms with Gasteiger partial charge in [0.05, 0.1) is 11.6 Å². The van der Waals surface area contributed by atoms with Gasteiger partial charge in [-0.15, -0.1) is 0 Å². The zero-order chi connectivity index (χ0) is 23.0. The van der Waals surface area contributed by atoms with Crippen LogP contribution in [0.15, 0.2) is 30.3 Å². The second-order valence-electron chi connectivity index (χ2n) is 9.16. The number of rotatable bonds is 6. The molecule has 0 bridgehead atoms. The maximum atomic E-state index is 12.7. The average Bonchev–Trinajstić information content (AvgIpc) is 3.36. The van der Waals surface area contributed by atoms with Gasteiger partial charge >= 0.3 is 0 Å². The number of benzene rings is 1. The molecule has 0 spiro atoms. The predicted molar refractivity (Wildman–Crippen MR) is 122 cm³/mol. The molecule has 1 aromatic carbocycles. The Kier molecular flexibility index (Phi) is 5.48. The van der Waals surface area contributed by atoms with Gasteiger partial charge in [0.25, 0.3) is 5.91 Å². The first-order chi connectivity index (χ1) is 15.9. The van der Waals surface area contributed by atoms with Crippen LogP contribution in [0.25, 0.3) is 0 Å². The molecular weight excluding hydrogens is 420 g/mol. The number of anilines is 2. The van der Waals surface area contributed by atoms with E-state index in [1.807, 2.05) is 12.1 Å². The Labute approximate surface area is 191 Å². The van der Waals surface area contributed by atoms with Gasteiger partial charge in [0.15, 0.2) is 18.2 Å². The van der Waals surface area contributed by atoms with E-state index in [0.29, 0.717) is 42.8 Å². The molecule has 1 fully saturated rings. The van der Waals surface area contributed by atoms with Crippen molar-refractivity contribution in [3.8, 4) is 11.8 Å². The van der Waals surface area contributed by atoms with Crippen molar-refractivity contribution >= 4 is 23.5 Å². The summed E-state index contributed by atoms with van der Waals surface area (Å²) in [5.41, 5.74) is 9.16. The molecule has 3 heterocycles. The first kappa shape index (κ1) is 21.4. The molecule has 1 aromatic heterocycles. The van der Waals surface area contributed by atoms with E-state index >= 15 is 0 Å². The fourth-order valence-corrected chi connectivity index (χ4v) is 4.97. The van der Waals surface area contributed by atoms with Crippen molar-refractivity contribution in [2.24, 2.45) is 11.7 Å². The van der Waals surface area contributed by atoms with Crippen molar-refractivity contribution in [1.29, 1.82) is 5.26 Å². The summed E-state index contributed by atoms with van der Waals surface area (Å²) in [5.74, 6) is 1.38. The molecule has 170 valence electrons. The minimum Gasteiger partial charge on any atom is -0.480 e. The summed E-state index contributed by atoms with van der Waals surface area (Å²) >= 11 is 0. The number of nitrogens with zero attached hydrogens (tertiary/aromatic N) is 3. The maximum Gasteiger partial charge on any atom is 0.263 e. The quantitative estimate of drug-likeness (QED) is 0.566. The molecule has 2 atom stereocenters. The molecule has 0 radical (unpaired) electrons. The molecule has 1 aliphatic carbocycles. The first-order valence-corrected chi connectivity index (χ1v) is 11.2. The number of nitriles is 1. The largest absolute Gasteiger partial charge is 0.480 e. The fraction of sp³-hybridized carbons (Fsp3) is 0.417. The van der Waals surface area contributed by atoms with Crippen LogP contribution in [0.3, 0.4) is 0 Å². The number of nitrogens with two attached hydrogens (primary N) is 1. The van der Waals surface area contributed by atoms with Gasteiger partial charge in [-0.1, -0.05) is 12.1 Å². The molecule has 33 heavy (non-hydrogen) atoms. The van der Waals surface area contributed by atoms with Crippen LogP contribution in [-0.4, -0.2) is 48.6 Å². The topological polar surface area (TPSA) is 133 Å². The van der Waals surface area contributed by atoms with Crippen LogP contribution in [0.5, 0.6) is 5.75 Å². The van der Waals surface area contributed by atoms with E-state index in [-0.39, 0.29) is 24.8 Å². The Morgan fingerprint density at radius 3 is 3.03 bits per heavy atom. The van der Waals surface area contributed by atoms with Crippen LogP contribution in [0.1, 0.15) is 29.5 Å². The minimum absolute atomic E-state index is 0.0397. The molecule has 2 unspecified atom stereocenters. The molecule has 5 rings (SSSR count). The standard InChI is InChI=1S/C24H26N6O3/c25-11-17-3-1-2-16-8-15(9-18(16)17)12-27-7-6-24(26)10-22(32)30(14-24)20-5-4-19-23(28-20)29-21(31)13-33-19/h1-5,15,27H,6-10,12-14,26H2,(H,28,29,31). The van der Waals surface area contributed by atoms with E-state index in [1.54, 1.807) is 17.0 Å². The van der Waals surface area contributed by atoms with Gasteiger partial charge in [0.1, 0.15) is 5.82 Å². The zero-order valence-electron chi connectivity index (χ0n) is 18.3. The number of amides is 2. The van der Waals surface area contributed by atoms with E-state index in [4.69, 9.17) is 10.5 Å². The number of hydrogen-bond donors (Lipinski definition) is 3. The number of carbonyl (C=O) groups is 2. The van der Waals surface area contributed by atoms with Crippen LogP contribution in [0.4, 0.5) is 11.6 Å². The third kappa shape index (κ3) is 4.27. The highest BCUT2D eigenvalue weighted by molar-refractivity contribution is 5.98. The van der Waals surface area contributed by atoms with Gasteiger partial charge in [-0.05, 0) is 67.6 Å². The lowest BCUT2D eigenvalue weighted by Crippen LogP contribution is -2.45. The van der Waals surface area contributed by atoms with E-state index in [1.165, 1.54) is 11.1 Å². The van der Waals surface area contributed by atoms with Gasteiger partial charge in [-0.3, -0.25) is 14.5 Å². The molecule has 4 N–H and O–H groups in total. The highest BCUT2D eigenvalue weighted by atomic mass is 16.5. The predicted octanol–water partition coefficient (Wildman–Crippen LogP) is 1.11. The van der Waals surface area contributed by atoms with E-state index < -0.39 is 5.54 Å². The van der Waals surface area contributed by atoms with Gasteiger partial charge in [0, 0.05) is 18.5 Å². The summed E-state index contributed by atoms with van der Waals surface area (Å²) < 4.78 is 5.34. The van der Waals surface area contributed by atoms with Crippen LogP contribution >= 0.6 is 0 Å². The normalized spacial score (nSPS) is 23.5. The second kappa shape index (κ2) is 8.46. The van der Waals surface area contributed by atoms with Crippen LogP contribution in [-0.2, 0) is 22.4 Å². The van der Waals surface area contributed by atoms with E-state index in [2.05, 4.69) is 27.8 Å². The Morgan fingerprint density at radius 2 is 2.18 bits per heavy atom. The third-order valence-electron chi connectivity index (χ3n) is 6.64. The van der Waals surface area contributed by atoms with E-state index in [9.17, 15) is 14.9 Å². The molecule has 2 aromatic rings. The van der Waals surface area contributed by atoms with Crippen LogP contribution < -0.4 is 26.0 Å². The Balaban J connectivity index is 1.14. The number of ether oxygens (including phenoxy) is 1. The molecular formula is C24H26N6O3. The Hall–Kier alpha value is -3.48. The minimum atomic E-state index is -0.645. The molecule has 9 heteroatoms. The lowest BCUT2D eigenvalue weighted by Gasteiger charge is -2.25. The van der Waals surface area contributed by atoms with Crippen molar-refractivity contribution < 1.29 is 14.3 Å². The maximum absolute atomic E-state index is 12.7. The van der Waals surface area contributed by atoms with Crippen molar-refractivity contribution in [3.05, 3.63) is 47.0 Å². The number of carbonyl (C=O) groups excluding carboxylic acids is 2. The van der Waals surface area contributed by atoms with Gasteiger partial charge in [-0.25, -0.2) is 4.98 Å². The summed E-state index contributed by atoms with van der Waals surface area (Å²) in [7, 11) is 0.